The second kappa shape index (κ2) is 3.65. The van der Waals surface area contributed by atoms with Gasteiger partial charge in [-0.25, -0.2) is 9.42 Å². The molecule has 0 saturated heterocycles. The number of hydrogen-bond donors (Lipinski definition) is 1. The topological polar surface area (TPSA) is 94.3 Å². The number of nitrogens with zero attached hydrogens (tertiary/aromatic N) is 2. The summed E-state index contributed by atoms with van der Waals surface area (Å²) in [6.07, 6.45) is 0. The monoisotopic (exact) mass is 185 g/mol. The molecule has 0 atom stereocenters. The minimum absolute atomic E-state index is 0.0423. The van der Waals surface area contributed by atoms with Crippen molar-refractivity contribution in [3.05, 3.63) is 5.69 Å². The molecule has 13 heavy (non-hydrogen) atoms. The van der Waals surface area contributed by atoms with Crippen LogP contribution in [0.4, 0.5) is 5.82 Å². The van der Waals surface area contributed by atoms with E-state index in [1.807, 2.05) is 0 Å². The zero-order valence-corrected chi connectivity index (χ0v) is 7.03. The molecule has 1 aromatic heterocycles. The second-order valence-corrected chi connectivity index (χ2v) is 2.13. The van der Waals surface area contributed by atoms with Crippen LogP contribution in [0.15, 0.2) is 4.63 Å². The first-order valence-corrected chi connectivity index (χ1v) is 3.33. The highest BCUT2D eigenvalue weighted by Gasteiger charge is 2.19. The SMILES string of the molecule is COC(=O)c1nonc1NC(C)=O. The normalized spacial score (nSPS) is 9.38. The molecule has 7 heteroatoms. The van der Waals surface area contributed by atoms with Crippen LogP contribution in [-0.4, -0.2) is 29.3 Å². The highest BCUT2D eigenvalue weighted by Crippen LogP contribution is 2.09. The highest BCUT2D eigenvalue weighted by atomic mass is 16.6. The van der Waals surface area contributed by atoms with Gasteiger partial charge >= 0.3 is 5.97 Å². The molecule has 0 aliphatic heterocycles. The lowest BCUT2D eigenvalue weighted by molar-refractivity contribution is -0.114. The summed E-state index contributed by atoms with van der Waals surface area (Å²) in [5, 5.41) is 8.83. The van der Waals surface area contributed by atoms with E-state index in [-0.39, 0.29) is 17.4 Å². The van der Waals surface area contributed by atoms with Crippen molar-refractivity contribution in [2.75, 3.05) is 12.4 Å². The van der Waals surface area contributed by atoms with E-state index in [2.05, 4.69) is 25.0 Å². The average Bonchev–Trinajstić information content (AvgIpc) is 2.50. The Balaban J connectivity index is 2.89. The minimum atomic E-state index is -0.718. The van der Waals surface area contributed by atoms with Gasteiger partial charge in [0.2, 0.25) is 17.4 Å². The molecule has 0 aromatic carbocycles. The smallest absolute Gasteiger partial charge is 0.364 e. The Bertz CT molecular complexity index is 332. The summed E-state index contributed by atoms with van der Waals surface area (Å²) in [6, 6.07) is 0. The van der Waals surface area contributed by atoms with Gasteiger partial charge in [-0.15, -0.1) is 0 Å². The van der Waals surface area contributed by atoms with Crippen molar-refractivity contribution < 1.29 is 19.0 Å². The van der Waals surface area contributed by atoms with E-state index < -0.39 is 5.97 Å². The Hall–Kier alpha value is -1.92. The van der Waals surface area contributed by atoms with Crippen molar-refractivity contribution in [3.8, 4) is 0 Å². The van der Waals surface area contributed by atoms with Crippen LogP contribution in [0.1, 0.15) is 17.4 Å². The van der Waals surface area contributed by atoms with E-state index in [1.54, 1.807) is 0 Å². The molecule has 0 bridgehead atoms. The van der Waals surface area contributed by atoms with E-state index in [4.69, 9.17) is 0 Å². The maximum absolute atomic E-state index is 10.9. The third-order valence-corrected chi connectivity index (χ3v) is 1.16. The fraction of sp³-hybridized carbons (Fsp3) is 0.333. The number of hydrogen-bond acceptors (Lipinski definition) is 6. The lowest BCUT2D eigenvalue weighted by Gasteiger charge is -1.96. The largest absolute Gasteiger partial charge is 0.464 e. The van der Waals surface area contributed by atoms with Gasteiger partial charge < -0.3 is 10.1 Å². The quantitative estimate of drug-likeness (QED) is 0.642. The minimum Gasteiger partial charge on any atom is -0.464 e. The lowest BCUT2D eigenvalue weighted by Crippen LogP contribution is -2.11. The first-order valence-electron chi connectivity index (χ1n) is 3.33. The predicted octanol–water partition coefficient (Wildman–Crippen LogP) is -0.185. The third kappa shape index (κ3) is 2.01. The van der Waals surface area contributed by atoms with Crippen molar-refractivity contribution in [1.29, 1.82) is 0 Å². The summed E-state index contributed by atoms with van der Waals surface area (Å²) in [5.41, 5.74) is -0.155. The summed E-state index contributed by atoms with van der Waals surface area (Å²) in [6.45, 7) is 1.27. The fourth-order valence-electron chi connectivity index (χ4n) is 0.668. The van der Waals surface area contributed by atoms with Gasteiger partial charge in [-0.3, -0.25) is 4.79 Å². The van der Waals surface area contributed by atoms with E-state index in [9.17, 15) is 9.59 Å². The number of amides is 1. The van der Waals surface area contributed by atoms with Gasteiger partial charge in [0.25, 0.3) is 0 Å². The van der Waals surface area contributed by atoms with Crippen LogP contribution >= 0.6 is 0 Å². The highest BCUT2D eigenvalue weighted by molar-refractivity contribution is 5.97. The number of aromatic nitrogens is 2. The first kappa shape index (κ1) is 9.17. The molecule has 0 fully saturated rings. The molecule has 70 valence electrons. The zero-order chi connectivity index (χ0) is 9.84. The van der Waals surface area contributed by atoms with Crippen molar-refractivity contribution in [1.82, 2.24) is 10.3 Å². The van der Waals surface area contributed by atoms with Crippen molar-refractivity contribution in [2.24, 2.45) is 0 Å². The van der Waals surface area contributed by atoms with Crippen molar-refractivity contribution >= 4 is 17.7 Å². The summed E-state index contributed by atoms with van der Waals surface area (Å²) in [4.78, 5) is 21.5. The Labute approximate surface area is 73.0 Å². The predicted molar refractivity (Wildman–Crippen MR) is 39.9 cm³/mol. The maximum atomic E-state index is 10.9. The van der Waals surface area contributed by atoms with Gasteiger partial charge in [-0.2, -0.15) is 0 Å². The molecular weight excluding hydrogens is 178 g/mol. The Morgan fingerprint density at radius 2 is 2.15 bits per heavy atom. The van der Waals surface area contributed by atoms with Crippen molar-refractivity contribution in [3.63, 3.8) is 0 Å². The average molecular weight is 185 g/mol. The first-order chi connectivity index (χ1) is 6.15. The molecule has 0 saturated carbocycles. The molecule has 1 amide bonds. The maximum Gasteiger partial charge on any atom is 0.364 e. The van der Waals surface area contributed by atoms with Gasteiger partial charge in [0.15, 0.2) is 0 Å². The molecule has 0 aliphatic carbocycles. The summed E-state index contributed by atoms with van der Waals surface area (Å²) < 4.78 is 8.62. The molecule has 1 heterocycles. The van der Waals surface area contributed by atoms with Gasteiger partial charge in [0.1, 0.15) is 0 Å². The van der Waals surface area contributed by atoms with Crippen LogP contribution in [0, 0.1) is 0 Å². The Kier molecular flexibility index (Phi) is 2.58. The molecule has 7 nitrogen and oxygen atoms in total. The van der Waals surface area contributed by atoms with E-state index >= 15 is 0 Å². The number of methoxy groups -OCH3 is 1. The van der Waals surface area contributed by atoms with Gasteiger partial charge in [-0.1, -0.05) is 0 Å². The van der Waals surface area contributed by atoms with Crippen LogP contribution in [-0.2, 0) is 9.53 Å². The van der Waals surface area contributed by atoms with E-state index in [0.717, 1.165) is 0 Å². The molecule has 1 aromatic rings. The molecule has 0 spiro atoms. The number of ether oxygens (including phenoxy) is 1. The second-order valence-electron chi connectivity index (χ2n) is 2.13. The Morgan fingerprint density at radius 1 is 1.46 bits per heavy atom. The third-order valence-electron chi connectivity index (χ3n) is 1.16. The lowest BCUT2D eigenvalue weighted by atomic mass is 10.4. The van der Waals surface area contributed by atoms with Crippen LogP contribution in [0.3, 0.4) is 0 Å². The zero-order valence-electron chi connectivity index (χ0n) is 7.03. The summed E-state index contributed by atoms with van der Waals surface area (Å²) >= 11 is 0. The number of esters is 1. The van der Waals surface area contributed by atoms with Crippen molar-refractivity contribution in [2.45, 2.75) is 6.92 Å². The number of anilines is 1. The summed E-state index contributed by atoms with van der Waals surface area (Å²) in [5.74, 6) is -1.13. The number of rotatable bonds is 2. The van der Waals surface area contributed by atoms with E-state index in [0.29, 0.717) is 0 Å². The molecule has 0 aliphatic rings. The number of nitrogens with one attached hydrogen (secondary N) is 1. The van der Waals surface area contributed by atoms with Gasteiger partial charge in [0, 0.05) is 6.92 Å². The van der Waals surface area contributed by atoms with Crippen LogP contribution in [0.5, 0.6) is 0 Å². The standard InChI is InChI=1S/C6H7N3O4/c1-3(10)7-5-4(6(11)12-2)8-13-9-5/h1-2H3,(H,7,9,10). The van der Waals surface area contributed by atoms with Crippen LogP contribution in [0.25, 0.3) is 0 Å². The molecule has 0 radical (unpaired) electrons. The van der Waals surface area contributed by atoms with E-state index in [1.165, 1.54) is 14.0 Å². The Morgan fingerprint density at radius 3 is 2.69 bits per heavy atom. The number of carbonyl (C=O) groups is 2. The van der Waals surface area contributed by atoms with Crippen LogP contribution < -0.4 is 5.32 Å². The fourth-order valence-corrected chi connectivity index (χ4v) is 0.668. The number of carbonyl (C=O) groups excluding carboxylic acids is 2. The summed E-state index contributed by atoms with van der Waals surface area (Å²) in [7, 11) is 1.19. The van der Waals surface area contributed by atoms with Gasteiger partial charge in [0.05, 0.1) is 7.11 Å². The van der Waals surface area contributed by atoms with Gasteiger partial charge in [-0.05, 0) is 10.3 Å². The molecule has 1 rings (SSSR count). The molecular formula is C6H7N3O4. The molecule has 1 N–H and O–H groups in total. The molecule has 0 unspecified atom stereocenters. The van der Waals surface area contributed by atoms with Crippen LogP contribution in [0.2, 0.25) is 0 Å².